The van der Waals surface area contributed by atoms with Gasteiger partial charge in [-0.3, -0.25) is 4.79 Å². The van der Waals surface area contributed by atoms with Crippen molar-refractivity contribution in [2.75, 3.05) is 13.7 Å². The molecule has 1 saturated carbocycles. The maximum atomic E-state index is 12.0. The summed E-state index contributed by atoms with van der Waals surface area (Å²) in [5, 5.41) is 3.28. The number of ether oxygens (including phenoxy) is 1. The van der Waals surface area contributed by atoms with Crippen molar-refractivity contribution in [3.05, 3.63) is 34.8 Å². The van der Waals surface area contributed by atoms with E-state index >= 15 is 0 Å². The third kappa shape index (κ3) is 0.939. The maximum Gasteiger partial charge on any atom is 0.354 e. The molecule has 3 aliphatic rings. The van der Waals surface area contributed by atoms with Gasteiger partial charge in [0.1, 0.15) is 5.69 Å². The first-order valence-corrected chi connectivity index (χ1v) is 5.99. The van der Waals surface area contributed by atoms with Crippen molar-refractivity contribution < 1.29 is 14.3 Å². The fourth-order valence-corrected chi connectivity index (χ4v) is 3.38. The minimum atomic E-state index is -0.432. The second kappa shape index (κ2) is 2.85. The SMILES string of the molecule is COC(=O)c1cc2c([nH]1)C(=O)C=C1NC[C@@H]3C[C@@]123. The summed E-state index contributed by atoms with van der Waals surface area (Å²) < 4.78 is 4.69. The molecule has 0 unspecified atom stereocenters. The second-order valence-corrected chi connectivity index (χ2v) is 5.14. The largest absolute Gasteiger partial charge is 0.464 e. The standard InChI is InChI=1S/C13H12N2O3/c1-18-12(17)8-2-7-11(15-8)9(16)3-10-13(7)4-6(13)5-14-10/h2-3,6,14-15H,4-5H2,1H3/t6-,13-/m0/s1. The fourth-order valence-electron chi connectivity index (χ4n) is 3.38. The first-order valence-electron chi connectivity index (χ1n) is 5.99. The number of esters is 1. The third-order valence-electron chi connectivity index (χ3n) is 4.35. The highest BCUT2D eigenvalue weighted by Crippen LogP contribution is 2.63. The quantitative estimate of drug-likeness (QED) is 0.715. The molecule has 2 fully saturated rings. The minimum absolute atomic E-state index is 0.0357. The second-order valence-electron chi connectivity index (χ2n) is 5.14. The molecule has 2 heterocycles. The molecule has 1 aromatic rings. The maximum absolute atomic E-state index is 12.0. The Hall–Kier alpha value is -2.04. The number of aromatic amines is 1. The number of hydrogen-bond donors (Lipinski definition) is 2. The van der Waals surface area contributed by atoms with Crippen LogP contribution in [0.5, 0.6) is 0 Å². The summed E-state index contributed by atoms with van der Waals surface area (Å²) in [6.07, 6.45) is 2.72. The van der Waals surface area contributed by atoms with Gasteiger partial charge in [0.25, 0.3) is 0 Å². The predicted molar refractivity (Wildman–Crippen MR) is 62.3 cm³/mol. The minimum Gasteiger partial charge on any atom is -0.464 e. The van der Waals surface area contributed by atoms with Crippen molar-refractivity contribution in [1.29, 1.82) is 0 Å². The van der Waals surface area contributed by atoms with E-state index in [0.29, 0.717) is 17.3 Å². The molecular weight excluding hydrogens is 232 g/mol. The van der Waals surface area contributed by atoms with E-state index in [4.69, 9.17) is 4.74 Å². The van der Waals surface area contributed by atoms with Crippen LogP contribution < -0.4 is 5.32 Å². The van der Waals surface area contributed by atoms with Crippen molar-refractivity contribution in [2.45, 2.75) is 11.8 Å². The normalized spacial score (nSPS) is 30.8. The molecule has 2 aliphatic carbocycles. The zero-order chi connectivity index (χ0) is 12.5. The summed E-state index contributed by atoms with van der Waals surface area (Å²) in [7, 11) is 1.34. The van der Waals surface area contributed by atoms with Crippen LogP contribution in [0.2, 0.25) is 0 Å². The summed E-state index contributed by atoms with van der Waals surface area (Å²) in [6, 6.07) is 1.78. The number of hydrogen-bond acceptors (Lipinski definition) is 4. The molecule has 0 aromatic carbocycles. The number of carbonyl (C=O) groups is 2. The molecule has 1 aliphatic heterocycles. The molecule has 4 rings (SSSR count). The Bertz CT molecular complexity index is 628. The highest BCUT2D eigenvalue weighted by atomic mass is 16.5. The number of nitrogens with one attached hydrogen (secondary N) is 2. The van der Waals surface area contributed by atoms with E-state index in [9.17, 15) is 9.59 Å². The molecule has 5 nitrogen and oxygen atoms in total. The summed E-state index contributed by atoms with van der Waals surface area (Å²) in [4.78, 5) is 26.5. The lowest BCUT2D eigenvalue weighted by atomic mass is 9.86. The average Bonchev–Trinajstić information content (AvgIpc) is 2.75. The van der Waals surface area contributed by atoms with Gasteiger partial charge in [0, 0.05) is 23.7 Å². The lowest BCUT2D eigenvalue weighted by molar-refractivity contribution is 0.0595. The van der Waals surface area contributed by atoms with Gasteiger partial charge in [0.15, 0.2) is 0 Å². The Morgan fingerprint density at radius 3 is 3.11 bits per heavy atom. The van der Waals surface area contributed by atoms with Crippen LogP contribution in [-0.2, 0) is 10.2 Å². The van der Waals surface area contributed by atoms with Crippen LogP contribution in [0, 0.1) is 5.92 Å². The van der Waals surface area contributed by atoms with Crippen LogP contribution in [0.15, 0.2) is 17.8 Å². The van der Waals surface area contributed by atoms with E-state index in [-0.39, 0.29) is 11.2 Å². The number of carbonyl (C=O) groups excluding carboxylic acids is 2. The van der Waals surface area contributed by atoms with Crippen molar-refractivity contribution in [3.8, 4) is 0 Å². The highest BCUT2D eigenvalue weighted by molar-refractivity contribution is 6.08. The van der Waals surface area contributed by atoms with Gasteiger partial charge in [-0.2, -0.15) is 0 Å². The monoisotopic (exact) mass is 244 g/mol. The van der Waals surface area contributed by atoms with E-state index in [1.165, 1.54) is 7.11 Å². The highest BCUT2D eigenvalue weighted by Gasteiger charge is 2.64. The van der Waals surface area contributed by atoms with Crippen molar-refractivity contribution >= 4 is 11.8 Å². The van der Waals surface area contributed by atoms with Crippen LogP contribution in [0.25, 0.3) is 0 Å². The number of rotatable bonds is 1. The van der Waals surface area contributed by atoms with Gasteiger partial charge in [-0.05, 0) is 24.0 Å². The van der Waals surface area contributed by atoms with Crippen molar-refractivity contribution in [3.63, 3.8) is 0 Å². The lowest BCUT2D eigenvalue weighted by Gasteiger charge is -2.20. The first kappa shape index (κ1) is 9.94. The van der Waals surface area contributed by atoms with E-state index < -0.39 is 5.97 Å². The molecule has 2 N–H and O–H groups in total. The number of piperidine rings is 1. The number of methoxy groups -OCH3 is 1. The van der Waals surface area contributed by atoms with E-state index in [0.717, 1.165) is 24.2 Å². The van der Waals surface area contributed by atoms with Crippen molar-refractivity contribution in [2.24, 2.45) is 5.92 Å². The molecule has 5 heteroatoms. The first-order chi connectivity index (χ1) is 8.66. The Kier molecular flexibility index (Phi) is 1.58. The Morgan fingerprint density at radius 2 is 2.39 bits per heavy atom. The van der Waals surface area contributed by atoms with Crippen LogP contribution in [-0.4, -0.2) is 30.4 Å². The molecule has 0 bridgehead atoms. The summed E-state index contributed by atoms with van der Waals surface area (Å²) in [6.45, 7) is 0.914. The molecular formula is C13H12N2O3. The van der Waals surface area contributed by atoms with Gasteiger partial charge >= 0.3 is 5.97 Å². The number of fused-ring (bicyclic) bond motifs is 1. The number of aromatic nitrogens is 1. The van der Waals surface area contributed by atoms with E-state index in [2.05, 4.69) is 10.3 Å². The van der Waals surface area contributed by atoms with Crippen LogP contribution in [0.1, 0.15) is 33.0 Å². The smallest absolute Gasteiger partial charge is 0.354 e. The zero-order valence-corrected chi connectivity index (χ0v) is 9.87. The molecule has 1 aromatic heterocycles. The zero-order valence-electron chi connectivity index (χ0n) is 9.87. The van der Waals surface area contributed by atoms with E-state index in [1.54, 1.807) is 12.1 Å². The predicted octanol–water partition coefficient (Wildman–Crippen LogP) is 0.742. The topological polar surface area (TPSA) is 71.2 Å². The van der Waals surface area contributed by atoms with Gasteiger partial charge in [0.05, 0.1) is 12.8 Å². The molecule has 1 spiro atoms. The van der Waals surface area contributed by atoms with Crippen LogP contribution in [0.3, 0.4) is 0 Å². The Labute approximate surface area is 103 Å². The molecule has 0 radical (unpaired) electrons. The van der Waals surface area contributed by atoms with Gasteiger partial charge in [-0.1, -0.05) is 0 Å². The molecule has 18 heavy (non-hydrogen) atoms. The number of allylic oxidation sites excluding steroid dienone is 2. The Morgan fingerprint density at radius 1 is 1.56 bits per heavy atom. The van der Waals surface area contributed by atoms with Gasteiger partial charge < -0.3 is 15.0 Å². The van der Waals surface area contributed by atoms with Gasteiger partial charge in [-0.15, -0.1) is 0 Å². The Balaban J connectivity index is 1.90. The average molecular weight is 244 g/mol. The summed E-state index contributed by atoms with van der Waals surface area (Å²) in [5.74, 6) is 0.0519. The fraction of sp³-hybridized carbons (Fsp3) is 0.385. The molecule has 92 valence electrons. The summed E-state index contributed by atoms with van der Waals surface area (Å²) in [5.41, 5.74) is 2.84. The number of H-pyrrole nitrogens is 1. The lowest BCUT2D eigenvalue weighted by Crippen LogP contribution is -2.24. The third-order valence-corrected chi connectivity index (χ3v) is 4.35. The summed E-state index contributed by atoms with van der Waals surface area (Å²) >= 11 is 0. The van der Waals surface area contributed by atoms with Crippen molar-refractivity contribution in [1.82, 2.24) is 10.3 Å². The van der Waals surface area contributed by atoms with Crippen LogP contribution in [0.4, 0.5) is 0 Å². The van der Waals surface area contributed by atoms with Crippen LogP contribution >= 0.6 is 0 Å². The number of ketones is 1. The molecule has 2 atom stereocenters. The van der Waals surface area contributed by atoms with Gasteiger partial charge in [-0.25, -0.2) is 4.79 Å². The van der Waals surface area contributed by atoms with Gasteiger partial charge in [0.2, 0.25) is 5.78 Å². The van der Waals surface area contributed by atoms with E-state index in [1.807, 2.05) is 0 Å². The molecule has 0 amide bonds. The molecule has 1 saturated heterocycles.